The highest BCUT2D eigenvalue weighted by molar-refractivity contribution is 7.22. The number of hydrogen-bond acceptors (Lipinski definition) is 7. The summed E-state index contributed by atoms with van der Waals surface area (Å²) in [6.07, 6.45) is 0.731. The highest BCUT2D eigenvalue weighted by Gasteiger charge is 2.25. The molecule has 1 aliphatic rings. The van der Waals surface area contributed by atoms with Crippen LogP contribution >= 0.6 is 22.9 Å². The molecule has 1 saturated heterocycles. The molecule has 3 aromatic rings. The molecule has 0 spiro atoms. The molecule has 0 aliphatic carbocycles. The Morgan fingerprint density at radius 1 is 1.21 bits per heavy atom. The van der Waals surface area contributed by atoms with Gasteiger partial charge in [0.1, 0.15) is 27.5 Å². The van der Waals surface area contributed by atoms with Crippen LogP contribution in [0.2, 0.25) is 5.02 Å². The average Bonchev–Trinajstić information content (AvgIpc) is 3.26. The van der Waals surface area contributed by atoms with Gasteiger partial charge in [-0.1, -0.05) is 22.9 Å². The third kappa shape index (κ3) is 5.22. The van der Waals surface area contributed by atoms with Crippen LogP contribution in [0.5, 0.6) is 11.5 Å². The number of nitrogens with zero attached hydrogens (tertiary/aromatic N) is 3. The number of carbonyl (C=O) groups is 1. The van der Waals surface area contributed by atoms with Crippen LogP contribution in [-0.2, 0) is 4.74 Å². The van der Waals surface area contributed by atoms with Crippen LogP contribution in [0.3, 0.4) is 0 Å². The Bertz CT molecular complexity index is 1100. The molecule has 0 radical (unpaired) electrons. The van der Waals surface area contributed by atoms with Crippen LogP contribution < -0.4 is 14.4 Å². The van der Waals surface area contributed by atoms with Gasteiger partial charge in [-0.15, -0.1) is 0 Å². The van der Waals surface area contributed by atoms with Crippen molar-refractivity contribution in [1.82, 2.24) is 9.88 Å². The number of benzene rings is 2. The molecule has 1 amide bonds. The number of halogens is 2. The molecule has 7 nitrogen and oxygen atoms in total. The summed E-state index contributed by atoms with van der Waals surface area (Å²) < 4.78 is 30.7. The minimum atomic E-state index is -0.495. The van der Waals surface area contributed by atoms with Gasteiger partial charge in [-0.05, 0) is 36.8 Å². The number of morpholine rings is 1. The molecule has 0 unspecified atom stereocenters. The van der Waals surface area contributed by atoms with Crippen molar-refractivity contribution in [3.05, 3.63) is 46.7 Å². The van der Waals surface area contributed by atoms with Crippen LogP contribution in [0.15, 0.2) is 30.3 Å². The smallest absolute Gasteiger partial charge is 0.261 e. The SMILES string of the molecule is COc1ccc(OC)c2sc(N(CCCN3CCOCC3)C(=O)c3ccc(F)cc3Cl)nc12. The molecule has 1 aliphatic heterocycles. The first-order valence-corrected chi connectivity index (χ1v) is 11.8. The van der Waals surface area contributed by atoms with Gasteiger partial charge in [-0.25, -0.2) is 9.37 Å². The number of amides is 1. The first-order valence-electron chi connectivity index (χ1n) is 10.6. The van der Waals surface area contributed by atoms with Crippen molar-refractivity contribution in [3.63, 3.8) is 0 Å². The van der Waals surface area contributed by atoms with E-state index in [1.54, 1.807) is 25.2 Å². The standard InChI is InChI=1S/C23H25ClFN3O4S/c1-30-18-6-7-19(31-2)21-20(18)26-23(33-21)28(9-3-8-27-10-12-32-13-11-27)22(29)16-5-4-15(25)14-17(16)24/h4-7,14H,3,8-13H2,1-2H3. The summed E-state index contributed by atoms with van der Waals surface area (Å²) in [7, 11) is 3.16. The molecule has 0 bridgehead atoms. The van der Waals surface area contributed by atoms with Crippen LogP contribution in [0, 0.1) is 5.82 Å². The third-order valence-corrected chi connectivity index (χ3v) is 6.90. The van der Waals surface area contributed by atoms with Crippen molar-refractivity contribution in [2.75, 3.05) is 58.5 Å². The molecule has 4 rings (SSSR count). The lowest BCUT2D eigenvalue weighted by Crippen LogP contribution is -2.39. The van der Waals surface area contributed by atoms with Crippen LogP contribution in [0.25, 0.3) is 10.2 Å². The molecule has 33 heavy (non-hydrogen) atoms. The second-order valence-corrected chi connectivity index (χ2v) is 8.92. The topological polar surface area (TPSA) is 64.1 Å². The van der Waals surface area contributed by atoms with E-state index in [-0.39, 0.29) is 16.5 Å². The molecule has 1 fully saturated rings. The number of carbonyl (C=O) groups excluding carboxylic acids is 1. The number of thiazole rings is 1. The van der Waals surface area contributed by atoms with Gasteiger partial charge in [0.2, 0.25) is 0 Å². The first kappa shape index (κ1) is 23.7. The summed E-state index contributed by atoms with van der Waals surface area (Å²) in [4.78, 5) is 22.2. The van der Waals surface area contributed by atoms with E-state index >= 15 is 0 Å². The van der Waals surface area contributed by atoms with E-state index in [1.807, 2.05) is 6.07 Å². The molecule has 2 aromatic carbocycles. The van der Waals surface area contributed by atoms with E-state index in [1.165, 1.54) is 23.5 Å². The zero-order valence-electron chi connectivity index (χ0n) is 18.5. The zero-order valence-corrected chi connectivity index (χ0v) is 20.0. The first-order chi connectivity index (χ1) is 16.0. The molecule has 0 saturated carbocycles. The van der Waals surface area contributed by atoms with Crippen molar-refractivity contribution in [3.8, 4) is 11.5 Å². The van der Waals surface area contributed by atoms with Crippen molar-refractivity contribution < 1.29 is 23.4 Å². The van der Waals surface area contributed by atoms with Crippen molar-refractivity contribution in [2.24, 2.45) is 0 Å². The van der Waals surface area contributed by atoms with E-state index < -0.39 is 5.82 Å². The predicted molar refractivity (Wildman–Crippen MR) is 128 cm³/mol. The number of fused-ring (bicyclic) bond motifs is 1. The Labute approximate surface area is 200 Å². The molecule has 2 heterocycles. The van der Waals surface area contributed by atoms with Crippen molar-refractivity contribution in [2.45, 2.75) is 6.42 Å². The van der Waals surface area contributed by atoms with Gasteiger partial charge in [0, 0.05) is 26.2 Å². The lowest BCUT2D eigenvalue weighted by Gasteiger charge is -2.27. The highest BCUT2D eigenvalue weighted by Crippen LogP contribution is 2.40. The highest BCUT2D eigenvalue weighted by atomic mass is 35.5. The molecular formula is C23H25ClFN3O4S. The Morgan fingerprint density at radius 3 is 2.64 bits per heavy atom. The van der Waals surface area contributed by atoms with E-state index in [0.29, 0.717) is 41.9 Å². The number of anilines is 1. The van der Waals surface area contributed by atoms with E-state index in [9.17, 15) is 9.18 Å². The Hall–Kier alpha value is -2.46. The fourth-order valence-electron chi connectivity index (χ4n) is 3.76. The minimum Gasteiger partial charge on any atom is -0.495 e. The molecule has 0 atom stereocenters. The largest absolute Gasteiger partial charge is 0.495 e. The van der Waals surface area contributed by atoms with Gasteiger partial charge in [0.05, 0.1) is 38.0 Å². The third-order valence-electron chi connectivity index (χ3n) is 5.50. The number of methoxy groups -OCH3 is 2. The molecule has 1 aromatic heterocycles. The number of rotatable bonds is 8. The molecule has 176 valence electrons. The number of aromatic nitrogens is 1. The van der Waals surface area contributed by atoms with Gasteiger partial charge in [0.15, 0.2) is 5.13 Å². The molecule has 10 heteroatoms. The summed E-state index contributed by atoms with van der Waals surface area (Å²) in [5.74, 6) is 0.410. The second-order valence-electron chi connectivity index (χ2n) is 7.53. The molecule has 0 N–H and O–H groups in total. The Kier molecular flexibility index (Phi) is 7.64. The fourth-order valence-corrected chi connectivity index (χ4v) is 5.11. The Balaban J connectivity index is 1.67. The number of hydrogen-bond donors (Lipinski definition) is 0. The van der Waals surface area contributed by atoms with Gasteiger partial charge in [0.25, 0.3) is 5.91 Å². The monoisotopic (exact) mass is 493 g/mol. The maximum absolute atomic E-state index is 13.6. The lowest BCUT2D eigenvalue weighted by atomic mass is 10.2. The Morgan fingerprint density at radius 2 is 1.94 bits per heavy atom. The number of ether oxygens (including phenoxy) is 3. The van der Waals surface area contributed by atoms with Gasteiger partial charge >= 0.3 is 0 Å². The molecular weight excluding hydrogens is 469 g/mol. The predicted octanol–water partition coefficient (Wildman–Crippen LogP) is 4.48. The summed E-state index contributed by atoms with van der Waals surface area (Å²) in [6, 6.07) is 7.38. The minimum absolute atomic E-state index is 0.0643. The van der Waals surface area contributed by atoms with E-state index in [2.05, 4.69) is 4.90 Å². The van der Waals surface area contributed by atoms with Gasteiger partial charge in [-0.2, -0.15) is 0 Å². The average molecular weight is 494 g/mol. The van der Waals surface area contributed by atoms with Crippen LogP contribution in [0.1, 0.15) is 16.8 Å². The zero-order chi connectivity index (χ0) is 23.4. The quantitative estimate of drug-likeness (QED) is 0.461. The maximum atomic E-state index is 13.6. The summed E-state index contributed by atoms with van der Waals surface area (Å²) in [6.45, 7) is 4.41. The van der Waals surface area contributed by atoms with Crippen molar-refractivity contribution in [1.29, 1.82) is 0 Å². The summed E-state index contributed by atoms with van der Waals surface area (Å²) >= 11 is 7.56. The van der Waals surface area contributed by atoms with Crippen molar-refractivity contribution >= 4 is 44.2 Å². The van der Waals surface area contributed by atoms with Gasteiger partial charge < -0.3 is 14.2 Å². The van der Waals surface area contributed by atoms with Gasteiger partial charge in [-0.3, -0.25) is 14.6 Å². The summed E-state index contributed by atoms with van der Waals surface area (Å²) in [5.41, 5.74) is 0.843. The summed E-state index contributed by atoms with van der Waals surface area (Å²) in [5, 5.41) is 0.564. The second kappa shape index (κ2) is 10.6. The lowest BCUT2D eigenvalue weighted by molar-refractivity contribution is 0.0376. The fraction of sp³-hybridized carbons (Fsp3) is 0.391. The van der Waals surface area contributed by atoms with Crippen LogP contribution in [-0.4, -0.2) is 69.4 Å². The normalized spacial score (nSPS) is 14.4. The van der Waals surface area contributed by atoms with Crippen LogP contribution in [0.4, 0.5) is 9.52 Å². The van der Waals surface area contributed by atoms with E-state index in [4.69, 9.17) is 30.8 Å². The maximum Gasteiger partial charge on any atom is 0.261 e. The van der Waals surface area contributed by atoms with E-state index in [0.717, 1.165) is 36.8 Å².